The van der Waals surface area contributed by atoms with Crippen molar-refractivity contribution in [3.05, 3.63) is 36.2 Å². The van der Waals surface area contributed by atoms with Crippen LogP contribution in [0.2, 0.25) is 0 Å². The number of hydrogen-bond acceptors (Lipinski definition) is 6. The molecule has 0 fully saturated rings. The van der Waals surface area contributed by atoms with E-state index in [4.69, 9.17) is 5.73 Å². The molecule has 1 aromatic carbocycles. The third-order valence-electron chi connectivity index (χ3n) is 3.95. The van der Waals surface area contributed by atoms with E-state index in [1.807, 2.05) is 12.1 Å². The van der Waals surface area contributed by atoms with Gasteiger partial charge in [-0.25, -0.2) is 4.68 Å². The first-order valence-electron chi connectivity index (χ1n) is 7.06. The van der Waals surface area contributed by atoms with Crippen molar-refractivity contribution in [2.24, 2.45) is 10.7 Å². The molecule has 7 nitrogen and oxygen atoms in total. The van der Waals surface area contributed by atoms with E-state index in [0.29, 0.717) is 12.5 Å². The number of benzene rings is 1. The third-order valence-corrected chi connectivity index (χ3v) is 3.95. The van der Waals surface area contributed by atoms with Crippen LogP contribution in [-0.4, -0.2) is 44.2 Å². The zero-order valence-corrected chi connectivity index (χ0v) is 12.3. The quantitative estimate of drug-likeness (QED) is 0.902. The second-order valence-corrected chi connectivity index (χ2v) is 5.40. The maximum atomic E-state index is 6.05. The topological polar surface area (TPSA) is 85.2 Å². The fourth-order valence-electron chi connectivity index (χ4n) is 2.75. The molecule has 1 aliphatic heterocycles. The van der Waals surface area contributed by atoms with E-state index >= 15 is 0 Å². The average Bonchev–Trinajstić information content (AvgIpc) is 3.12. The highest BCUT2D eigenvalue weighted by molar-refractivity contribution is 5.81. The van der Waals surface area contributed by atoms with Gasteiger partial charge in [0.25, 0.3) is 0 Å². The lowest BCUT2D eigenvalue weighted by atomic mass is 9.90. The molecule has 0 radical (unpaired) electrons. The summed E-state index contributed by atoms with van der Waals surface area (Å²) in [5.74, 6) is 0.618. The molecule has 0 bridgehead atoms. The van der Waals surface area contributed by atoms with E-state index in [0.717, 1.165) is 24.2 Å². The van der Waals surface area contributed by atoms with Crippen molar-refractivity contribution in [3.63, 3.8) is 0 Å². The van der Waals surface area contributed by atoms with Crippen molar-refractivity contribution < 1.29 is 0 Å². The summed E-state index contributed by atoms with van der Waals surface area (Å²) in [7, 11) is 0. The Balaban J connectivity index is 1.98. The van der Waals surface area contributed by atoms with Gasteiger partial charge in [0.05, 0.1) is 17.8 Å². The van der Waals surface area contributed by atoms with Gasteiger partial charge < -0.3 is 10.6 Å². The molecular weight excluding hydrogens is 266 g/mol. The first kappa shape index (κ1) is 13.5. The van der Waals surface area contributed by atoms with Gasteiger partial charge >= 0.3 is 0 Å². The lowest BCUT2D eigenvalue weighted by molar-refractivity contribution is 0.225. The van der Waals surface area contributed by atoms with Crippen LogP contribution in [0.1, 0.15) is 25.8 Å². The Labute approximate surface area is 123 Å². The highest BCUT2D eigenvalue weighted by Gasteiger charge is 2.39. The van der Waals surface area contributed by atoms with Crippen molar-refractivity contribution in [3.8, 4) is 5.69 Å². The van der Waals surface area contributed by atoms with Crippen molar-refractivity contribution in [1.82, 2.24) is 25.1 Å². The van der Waals surface area contributed by atoms with Gasteiger partial charge in [0, 0.05) is 6.54 Å². The molecule has 0 aliphatic carbocycles. The fourth-order valence-corrected chi connectivity index (χ4v) is 2.75. The molecule has 2 heterocycles. The minimum absolute atomic E-state index is 0.218. The predicted octanol–water partition coefficient (Wildman–Crippen LogP) is 0.918. The summed E-state index contributed by atoms with van der Waals surface area (Å²) in [4.78, 5) is 6.60. The summed E-state index contributed by atoms with van der Waals surface area (Å²) >= 11 is 0. The highest BCUT2D eigenvalue weighted by atomic mass is 15.5. The summed E-state index contributed by atoms with van der Waals surface area (Å²) in [6.07, 6.45) is 2.61. The minimum Gasteiger partial charge on any atom is -0.370 e. The largest absolute Gasteiger partial charge is 0.370 e. The Kier molecular flexibility index (Phi) is 3.32. The molecule has 2 N–H and O–H groups in total. The molecule has 1 unspecified atom stereocenters. The molecule has 0 amide bonds. The van der Waals surface area contributed by atoms with Crippen LogP contribution in [-0.2, 0) is 5.54 Å². The molecule has 7 heteroatoms. The summed E-state index contributed by atoms with van der Waals surface area (Å²) in [5.41, 5.74) is 7.92. The highest BCUT2D eigenvalue weighted by Crippen LogP contribution is 2.33. The van der Waals surface area contributed by atoms with E-state index in [1.54, 1.807) is 11.0 Å². The van der Waals surface area contributed by atoms with E-state index < -0.39 is 0 Å². The van der Waals surface area contributed by atoms with Gasteiger partial charge in [0.15, 0.2) is 5.96 Å². The number of rotatable bonds is 4. The third kappa shape index (κ3) is 2.24. The zero-order chi connectivity index (χ0) is 14.9. The molecule has 1 aromatic heterocycles. The van der Waals surface area contributed by atoms with Crippen molar-refractivity contribution in [2.75, 3.05) is 13.1 Å². The maximum absolute atomic E-state index is 6.05. The number of nitrogens with two attached hydrogens (primary N) is 1. The van der Waals surface area contributed by atoms with Crippen LogP contribution >= 0.6 is 0 Å². The van der Waals surface area contributed by atoms with E-state index in [2.05, 4.69) is 51.4 Å². The number of hydrogen-bond donors (Lipinski definition) is 1. The smallest absolute Gasteiger partial charge is 0.192 e. The number of tetrazole rings is 1. The van der Waals surface area contributed by atoms with Gasteiger partial charge in [-0.15, -0.1) is 5.10 Å². The SMILES string of the molecule is CCCN1C(N)=NCC1(C)c1cccc(-n2cnnn2)c1. The van der Waals surface area contributed by atoms with Crippen LogP contribution in [0.4, 0.5) is 0 Å². The monoisotopic (exact) mass is 285 g/mol. The Morgan fingerprint density at radius 3 is 2.95 bits per heavy atom. The van der Waals surface area contributed by atoms with Crippen LogP contribution in [0.5, 0.6) is 0 Å². The molecule has 0 saturated heterocycles. The fraction of sp³-hybridized carbons (Fsp3) is 0.429. The number of aromatic nitrogens is 4. The van der Waals surface area contributed by atoms with Crippen LogP contribution in [0.3, 0.4) is 0 Å². The van der Waals surface area contributed by atoms with Crippen LogP contribution < -0.4 is 5.73 Å². The van der Waals surface area contributed by atoms with Gasteiger partial charge in [0.2, 0.25) is 0 Å². The molecule has 21 heavy (non-hydrogen) atoms. The normalized spacial score (nSPS) is 21.6. The number of aliphatic imine (C=N–C) groups is 1. The molecule has 1 atom stereocenters. The average molecular weight is 285 g/mol. The molecule has 3 rings (SSSR count). The number of nitrogens with zero attached hydrogens (tertiary/aromatic N) is 6. The van der Waals surface area contributed by atoms with E-state index in [9.17, 15) is 0 Å². The number of guanidine groups is 1. The summed E-state index contributed by atoms with van der Waals surface area (Å²) in [6, 6.07) is 8.18. The second kappa shape index (κ2) is 5.16. The lowest BCUT2D eigenvalue weighted by Gasteiger charge is -2.36. The lowest BCUT2D eigenvalue weighted by Crippen LogP contribution is -2.47. The Morgan fingerprint density at radius 2 is 2.24 bits per heavy atom. The van der Waals surface area contributed by atoms with Gasteiger partial charge in [-0.3, -0.25) is 4.99 Å². The van der Waals surface area contributed by atoms with Gasteiger partial charge in [-0.2, -0.15) is 0 Å². The first-order valence-corrected chi connectivity index (χ1v) is 7.06. The van der Waals surface area contributed by atoms with E-state index in [1.165, 1.54) is 0 Å². The zero-order valence-electron chi connectivity index (χ0n) is 12.3. The summed E-state index contributed by atoms with van der Waals surface area (Å²) in [5, 5.41) is 11.3. The standard InChI is InChI=1S/C14H19N7/c1-3-7-20-13(15)16-9-14(20,2)11-5-4-6-12(8-11)21-10-17-18-19-21/h4-6,8,10H,3,7,9H2,1-2H3,(H2,15,16). The second-order valence-electron chi connectivity index (χ2n) is 5.40. The minimum atomic E-state index is -0.218. The van der Waals surface area contributed by atoms with Gasteiger partial charge in [0.1, 0.15) is 6.33 Å². The molecule has 110 valence electrons. The van der Waals surface area contributed by atoms with E-state index in [-0.39, 0.29) is 5.54 Å². The van der Waals surface area contributed by atoms with Crippen molar-refractivity contribution >= 4 is 5.96 Å². The van der Waals surface area contributed by atoms with Gasteiger partial charge in [-0.1, -0.05) is 19.1 Å². The molecule has 0 saturated carbocycles. The molecular formula is C14H19N7. The molecule has 0 spiro atoms. The van der Waals surface area contributed by atoms with Gasteiger partial charge in [-0.05, 0) is 41.5 Å². The Hall–Kier alpha value is -2.44. The summed E-state index contributed by atoms with van der Waals surface area (Å²) < 4.78 is 1.65. The van der Waals surface area contributed by atoms with Crippen molar-refractivity contribution in [2.45, 2.75) is 25.8 Å². The predicted molar refractivity (Wildman–Crippen MR) is 80.0 cm³/mol. The van der Waals surface area contributed by atoms with Crippen molar-refractivity contribution in [1.29, 1.82) is 0 Å². The first-order chi connectivity index (χ1) is 10.1. The molecule has 1 aliphatic rings. The molecule has 2 aromatic rings. The Bertz CT molecular complexity index is 649. The van der Waals surface area contributed by atoms with Crippen LogP contribution in [0.25, 0.3) is 5.69 Å². The summed E-state index contributed by atoms with van der Waals surface area (Å²) in [6.45, 7) is 5.87. The Morgan fingerprint density at radius 1 is 1.38 bits per heavy atom. The maximum Gasteiger partial charge on any atom is 0.192 e. The van der Waals surface area contributed by atoms with Crippen LogP contribution in [0, 0.1) is 0 Å². The van der Waals surface area contributed by atoms with Crippen LogP contribution in [0.15, 0.2) is 35.6 Å².